The lowest BCUT2D eigenvalue weighted by Gasteiger charge is -2.16. The highest BCUT2D eigenvalue weighted by Crippen LogP contribution is 1.90. The van der Waals surface area contributed by atoms with E-state index < -0.39 is 0 Å². The van der Waals surface area contributed by atoms with Gasteiger partial charge in [0.1, 0.15) is 0 Å². The fourth-order valence-electron chi connectivity index (χ4n) is 0.992. The van der Waals surface area contributed by atoms with Crippen LogP contribution in [0.3, 0.4) is 0 Å². The van der Waals surface area contributed by atoms with Gasteiger partial charge in [0.15, 0.2) is 0 Å². The lowest BCUT2D eigenvalue weighted by molar-refractivity contribution is -0.134. The van der Waals surface area contributed by atoms with E-state index in [9.17, 15) is 9.59 Å². The largest absolute Gasteiger partial charge is 0.354 e. The molecule has 0 aromatic rings. The van der Waals surface area contributed by atoms with E-state index >= 15 is 0 Å². The number of likely N-dealkylation sites (N-methyl/N-ethyl adjacent to an activating group) is 1. The number of nitrogens with zero attached hydrogens (tertiary/aromatic N) is 1. The molecule has 0 aromatic heterocycles. The Balaban J connectivity index is 3.80. The van der Waals surface area contributed by atoms with E-state index in [0.717, 1.165) is 0 Å². The number of rotatable bonds is 6. The van der Waals surface area contributed by atoms with Crippen LogP contribution >= 0.6 is 0 Å². The van der Waals surface area contributed by atoms with Gasteiger partial charge < -0.3 is 16.0 Å². The van der Waals surface area contributed by atoms with E-state index in [1.165, 1.54) is 4.90 Å². The quantitative estimate of drug-likeness (QED) is 0.631. The molecule has 0 atom stereocenters. The molecular weight excluding hydrogens is 194 g/mol. The molecule has 0 heterocycles. The van der Waals surface area contributed by atoms with Crippen LogP contribution in [-0.2, 0) is 9.59 Å². The summed E-state index contributed by atoms with van der Waals surface area (Å²) in [7, 11) is 1.60. The Morgan fingerprint density at radius 3 is 2.47 bits per heavy atom. The van der Waals surface area contributed by atoms with Crippen molar-refractivity contribution in [2.24, 2.45) is 11.7 Å². The van der Waals surface area contributed by atoms with E-state index in [2.05, 4.69) is 5.32 Å². The van der Waals surface area contributed by atoms with Gasteiger partial charge in [0.05, 0.1) is 6.54 Å². The van der Waals surface area contributed by atoms with Crippen molar-refractivity contribution in [3.8, 4) is 0 Å². The van der Waals surface area contributed by atoms with Crippen molar-refractivity contribution in [1.29, 1.82) is 0 Å². The molecule has 5 heteroatoms. The molecule has 0 spiro atoms. The van der Waals surface area contributed by atoms with Crippen LogP contribution in [0.1, 0.15) is 20.3 Å². The van der Waals surface area contributed by atoms with Crippen molar-refractivity contribution in [2.75, 3.05) is 26.7 Å². The van der Waals surface area contributed by atoms with Gasteiger partial charge in [-0.05, 0) is 5.92 Å². The fraction of sp³-hybridized carbons (Fsp3) is 0.800. The zero-order valence-corrected chi connectivity index (χ0v) is 9.75. The van der Waals surface area contributed by atoms with Crippen LogP contribution in [-0.4, -0.2) is 43.4 Å². The number of amides is 2. The third-order valence-corrected chi connectivity index (χ3v) is 1.87. The number of nitrogens with two attached hydrogens (primary N) is 1. The summed E-state index contributed by atoms with van der Waals surface area (Å²) in [5.74, 6) is 0.188. The summed E-state index contributed by atoms with van der Waals surface area (Å²) in [5, 5.41) is 2.75. The van der Waals surface area contributed by atoms with Crippen molar-refractivity contribution < 1.29 is 9.59 Å². The number of hydrogen-bond acceptors (Lipinski definition) is 3. The molecule has 0 saturated heterocycles. The minimum absolute atomic E-state index is 0.0998. The molecule has 0 radical (unpaired) electrons. The fourth-order valence-corrected chi connectivity index (χ4v) is 0.992. The second kappa shape index (κ2) is 7.23. The van der Waals surface area contributed by atoms with Gasteiger partial charge in [-0.2, -0.15) is 0 Å². The summed E-state index contributed by atoms with van der Waals surface area (Å²) in [4.78, 5) is 24.0. The highest BCUT2D eigenvalue weighted by molar-refractivity contribution is 5.84. The first-order valence-corrected chi connectivity index (χ1v) is 5.18. The molecule has 0 bridgehead atoms. The molecule has 3 N–H and O–H groups in total. The van der Waals surface area contributed by atoms with Crippen LogP contribution in [0.5, 0.6) is 0 Å². The lowest BCUT2D eigenvalue weighted by atomic mass is 10.2. The summed E-state index contributed by atoms with van der Waals surface area (Å²) in [5.41, 5.74) is 5.25. The maximum atomic E-state index is 11.3. The van der Waals surface area contributed by atoms with E-state index in [1.54, 1.807) is 7.05 Å². The standard InChI is InChI=1S/C10H21N3O2/c1-8(2)6-12-9(14)7-13(3)10(15)4-5-11/h8H,4-7,11H2,1-3H3,(H,12,14). The van der Waals surface area contributed by atoms with Crippen LogP contribution in [0.4, 0.5) is 0 Å². The molecule has 15 heavy (non-hydrogen) atoms. The zero-order chi connectivity index (χ0) is 11.8. The first kappa shape index (κ1) is 13.9. The third-order valence-electron chi connectivity index (χ3n) is 1.87. The minimum Gasteiger partial charge on any atom is -0.354 e. The molecule has 0 saturated carbocycles. The Kier molecular flexibility index (Phi) is 6.70. The van der Waals surface area contributed by atoms with E-state index in [0.29, 0.717) is 19.0 Å². The molecule has 0 unspecified atom stereocenters. The predicted molar refractivity (Wildman–Crippen MR) is 59.2 cm³/mol. The molecule has 0 aliphatic heterocycles. The summed E-state index contributed by atoms with van der Waals surface area (Å²) >= 11 is 0. The Morgan fingerprint density at radius 1 is 1.40 bits per heavy atom. The van der Waals surface area contributed by atoms with Crippen molar-refractivity contribution in [3.63, 3.8) is 0 Å². The van der Waals surface area contributed by atoms with Gasteiger partial charge in [0, 0.05) is 26.6 Å². The van der Waals surface area contributed by atoms with Crippen LogP contribution in [0, 0.1) is 5.92 Å². The number of nitrogens with one attached hydrogen (secondary N) is 1. The molecule has 2 amide bonds. The Bertz CT molecular complexity index is 217. The normalized spacial score (nSPS) is 10.2. The van der Waals surface area contributed by atoms with Crippen molar-refractivity contribution in [3.05, 3.63) is 0 Å². The van der Waals surface area contributed by atoms with Crippen LogP contribution in [0.25, 0.3) is 0 Å². The van der Waals surface area contributed by atoms with E-state index in [4.69, 9.17) is 5.73 Å². The highest BCUT2D eigenvalue weighted by atomic mass is 16.2. The molecule has 0 aliphatic rings. The summed E-state index contributed by atoms with van der Waals surface area (Å²) in [6, 6.07) is 0. The van der Waals surface area contributed by atoms with Gasteiger partial charge in [-0.15, -0.1) is 0 Å². The number of carbonyl (C=O) groups is 2. The molecule has 0 rings (SSSR count). The smallest absolute Gasteiger partial charge is 0.239 e. The second-order valence-corrected chi connectivity index (χ2v) is 3.99. The maximum Gasteiger partial charge on any atom is 0.239 e. The first-order valence-electron chi connectivity index (χ1n) is 5.18. The topological polar surface area (TPSA) is 75.4 Å². The van der Waals surface area contributed by atoms with Gasteiger partial charge in [-0.3, -0.25) is 9.59 Å². The zero-order valence-electron chi connectivity index (χ0n) is 9.75. The van der Waals surface area contributed by atoms with Gasteiger partial charge in [0.2, 0.25) is 11.8 Å². The van der Waals surface area contributed by atoms with Crippen molar-refractivity contribution in [1.82, 2.24) is 10.2 Å². The minimum atomic E-state index is -0.128. The highest BCUT2D eigenvalue weighted by Gasteiger charge is 2.11. The van der Waals surface area contributed by atoms with Gasteiger partial charge in [0.25, 0.3) is 0 Å². The first-order chi connectivity index (χ1) is 6.97. The third kappa shape index (κ3) is 6.90. The SMILES string of the molecule is CC(C)CNC(=O)CN(C)C(=O)CCN. The average Bonchev–Trinajstić information content (AvgIpc) is 2.15. The molecule has 5 nitrogen and oxygen atoms in total. The number of carbonyl (C=O) groups excluding carboxylic acids is 2. The van der Waals surface area contributed by atoms with Crippen LogP contribution < -0.4 is 11.1 Å². The maximum absolute atomic E-state index is 11.3. The predicted octanol–water partition coefficient (Wildman–Crippen LogP) is -0.434. The monoisotopic (exact) mass is 215 g/mol. The Labute approximate surface area is 91.0 Å². The van der Waals surface area contributed by atoms with Crippen molar-refractivity contribution in [2.45, 2.75) is 20.3 Å². The average molecular weight is 215 g/mol. The molecular formula is C10H21N3O2. The van der Waals surface area contributed by atoms with E-state index in [-0.39, 0.29) is 24.8 Å². The Hall–Kier alpha value is -1.10. The van der Waals surface area contributed by atoms with Gasteiger partial charge >= 0.3 is 0 Å². The summed E-state index contributed by atoms with van der Waals surface area (Å²) < 4.78 is 0. The number of hydrogen-bond donors (Lipinski definition) is 2. The van der Waals surface area contributed by atoms with E-state index in [1.807, 2.05) is 13.8 Å². The summed E-state index contributed by atoms with van der Waals surface area (Å²) in [6.45, 7) is 5.09. The Morgan fingerprint density at radius 2 is 2.00 bits per heavy atom. The summed E-state index contributed by atoms with van der Waals surface area (Å²) in [6.07, 6.45) is 0.286. The second-order valence-electron chi connectivity index (χ2n) is 3.99. The van der Waals surface area contributed by atoms with Crippen molar-refractivity contribution >= 4 is 11.8 Å². The van der Waals surface area contributed by atoms with Gasteiger partial charge in [-0.1, -0.05) is 13.8 Å². The van der Waals surface area contributed by atoms with Crippen LogP contribution in [0.15, 0.2) is 0 Å². The molecule has 0 fully saturated rings. The molecule has 0 aliphatic carbocycles. The molecule has 0 aromatic carbocycles. The van der Waals surface area contributed by atoms with Gasteiger partial charge in [-0.25, -0.2) is 0 Å². The van der Waals surface area contributed by atoms with Crippen LogP contribution in [0.2, 0.25) is 0 Å². The molecule has 88 valence electrons. The lowest BCUT2D eigenvalue weighted by Crippen LogP contribution is -2.39.